The molecule has 0 aliphatic heterocycles. The summed E-state index contributed by atoms with van der Waals surface area (Å²) in [6.45, 7) is 10.1. The first-order valence-electron chi connectivity index (χ1n) is 9.69. The third-order valence-corrected chi connectivity index (χ3v) is 6.46. The molecule has 0 bridgehead atoms. The Morgan fingerprint density at radius 2 is 0.857 bits per heavy atom. The van der Waals surface area contributed by atoms with E-state index in [4.69, 9.17) is 9.47 Å². The normalized spacial score (nSPS) is 11.4. The number of hydrogen-bond acceptors (Lipinski definition) is 4. The number of hydrogen-bond donors (Lipinski definition) is 0. The van der Waals surface area contributed by atoms with Gasteiger partial charge in [-0.25, -0.2) is 0 Å². The quantitative estimate of drug-likeness (QED) is 0.301. The molecule has 0 saturated carbocycles. The summed E-state index contributed by atoms with van der Waals surface area (Å²) in [5.41, 5.74) is 5.11. The fraction of sp³-hybridized carbons (Fsp3) is 0.417. The Morgan fingerprint density at radius 3 is 1.11 bits per heavy atom. The van der Waals surface area contributed by atoms with E-state index in [1.165, 1.54) is 22.3 Å². The summed E-state index contributed by atoms with van der Waals surface area (Å²) in [6, 6.07) is 9.04. The zero-order valence-corrected chi connectivity index (χ0v) is 19.4. The average Bonchev–Trinajstić information content (AvgIpc) is 2.66. The molecule has 0 N–H and O–H groups in total. The molecule has 2 nitrogen and oxygen atoms in total. The van der Waals surface area contributed by atoms with Crippen LogP contribution in [0, 0.1) is 27.7 Å². The maximum Gasteiger partial charge on any atom is 0.135 e. The number of fused-ring (bicyclic) bond motifs is 2. The van der Waals surface area contributed by atoms with Crippen molar-refractivity contribution in [1.29, 1.82) is 0 Å². The molecule has 150 valence electrons. The molecular formula is C24H30O2S2. The number of rotatable bonds is 8. The molecule has 3 rings (SSSR count). The SMILES string of the molecule is CSCCOc1c2cc(C)c(C)cc2c(OCCSC)c2cc(C)c(C)cc12. The Hall–Kier alpha value is -1.52. The lowest BCUT2D eigenvalue weighted by Gasteiger charge is -2.20. The van der Waals surface area contributed by atoms with Crippen molar-refractivity contribution in [2.45, 2.75) is 27.7 Å². The van der Waals surface area contributed by atoms with Gasteiger partial charge in [0.05, 0.1) is 13.2 Å². The highest BCUT2D eigenvalue weighted by atomic mass is 32.2. The standard InChI is InChI=1S/C24H30O2S2/c1-15-11-19-20(12-16(15)2)24(26-8-10-28-6)22-14-18(4)17(3)13-21(22)23(19)25-7-9-27-5/h11-14H,7-10H2,1-6H3. The first-order chi connectivity index (χ1) is 13.5. The molecule has 28 heavy (non-hydrogen) atoms. The Bertz CT molecular complexity index is 846. The molecule has 0 aliphatic carbocycles. The molecular weight excluding hydrogens is 384 g/mol. The fourth-order valence-electron chi connectivity index (χ4n) is 3.44. The predicted molar refractivity (Wildman–Crippen MR) is 128 cm³/mol. The number of benzene rings is 3. The van der Waals surface area contributed by atoms with E-state index in [0.717, 1.165) is 44.5 Å². The van der Waals surface area contributed by atoms with Gasteiger partial charge in [0.1, 0.15) is 11.5 Å². The highest BCUT2D eigenvalue weighted by Crippen LogP contribution is 2.44. The van der Waals surface area contributed by atoms with E-state index in [-0.39, 0.29) is 0 Å². The molecule has 0 amide bonds. The lowest BCUT2D eigenvalue weighted by molar-refractivity contribution is 0.346. The molecule has 0 unspecified atom stereocenters. The van der Waals surface area contributed by atoms with Crippen LogP contribution in [0.15, 0.2) is 24.3 Å². The van der Waals surface area contributed by atoms with Crippen LogP contribution in [0.3, 0.4) is 0 Å². The zero-order valence-electron chi connectivity index (χ0n) is 17.8. The van der Waals surface area contributed by atoms with Crippen molar-refractivity contribution in [2.24, 2.45) is 0 Å². The molecule has 0 saturated heterocycles. The number of ether oxygens (including phenoxy) is 2. The van der Waals surface area contributed by atoms with E-state index in [0.29, 0.717) is 13.2 Å². The van der Waals surface area contributed by atoms with Gasteiger partial charge in [-0.3, -0.25) is 0 Å². The van der Waals surface area contributed by atoms with Crippen LogP contribution in [0.5, 0.6) is 11.5 Å². The van der Waals surface area contributed by atoms with Crippen LogP contribution in [0.1, 0.15) is 22.3 Å². The summed E-state index contributed by atoms with van der Waals surface area (Å²) >= 11 is 3.62. The van der Waals surface area contributed by atoms with E-state index in [1.54, 1.807) is 0 Å². The largest absolute Gasteiger partial charge is 0.491 e. The minimum atomic E-state index is 0.706. The Balaban J connectivity index is 2.34. The minimum Gasteiger partial charge on any atom is -0.491 e. The van der Waals surface area contributed by atoms with Gasteiger partial charge in [-0.1, -0.05) is 0 Å². The molecule has 0 heterocycles. The van der Waals surface area contributed by atoms with Gasteiger partial charge in [0.2, 0.25) is 0 Å². The summed E-state index contributed by atoms with van der Waals surface area (Å²) in [5.74, 6) is 3.93. The first-order valence-corrected chi connectivity index (χ1v) is 12.5. The van der Waals surface area contributed by atoms with Crippen LogP contribution in [0.4, 0.5) is 0 Å². The van der Waals surface area contributed by atoms with E-state index in [1.807, 2.05) is 23.5 Å². The van der Waals surface area contributed by atoms with Crippen molar-refractivity contribution in [3.63, 3.8) is 0 Å². The Labute approximate surface area is 177 Å². The van der Waals surface area contributed by atoms with Gasteiger partial charge in [-0.2, -0.15) is 23.5 Å². The lowest BCUT2D eigenvalue weighted by atomic mass is 9.94. The van der Waals surface area contributed by atoms with Crippen LogP contribution in [-0.4, -0.2) is 37.2 Å². The molecule has 0 radical (unpaired) electrons. The Kier molecular flexibility index (Phi) is 7.05. The molecule has 3 aromatic rings. The summed E-state index contributed by atoms with van der Waals surface area (Å²) < 4.78 is 12.7. The smallest absolute Gasteiger partial charge is 0.135 e. The van der Waals surface area contributed by atoms with Crippen LogP contribution >= 0.6 is 23.5 Å². The first kappa shape index (κ1) is 21.2. The molecule has 3 aromatic carbocycles. The second kappa shape index (κ2) is 9.32. The number of thioether (sulfide) groups is 2. The third kappa shape index (κ3) is 4.23. The van der Waals surface area contributed by atoms with Gasteiger partial charge in [0, 0.05) is 33.1 Å². The van der Waals surface area contributed by atoms with Crippen LogP contribution < -0.4 is 9.47 Å². The van der Waals surface area contributed by atoms with E-state index in [9.17, 15) is 0 Å². The van der Waals surface area contributed by atoms with Gasteiger partial charge >= 0.3 is 0 Å². The average molecular weight is 415 g/mol. The molecule has 0 spiro atoms. The van der Waals surface area contributed by atoms with Gasteiger partial charge in [-0.05, 0) is 86.7 Å². The highest BCUT2D eigenvalue weighted by molar-refractivity contribution is 7.98. The third-order valence-electron chi connectivity index (χ3n) is 5.31. The van der Waals surface area contributed by atoms with Crippen LogP contribution in [0.2, 0.25) is 0 Å². The Morgan fingerprint density at radius 1 is 0.571 bits per heavy atom. The van der Waals surface area contributed by atoms with Gasteiger partial charge in [0.25, 0.3) is 0 Å². The predicted octanol–water partition coefficient (Wildman–Crippen LogP) is 6.71. The highest BCUT2D eigenvalue weighted by Gasteiger charge is 2.18. The molecule has 0 aromatic heterocycles. The lowest BCUT2D eigenvalue weighted by Crippen LogP contribution is -2.05. The van der Waals surface area contributed by atoms with Crippen LogP contribution in [-0.2, 0) is 0 Å². The second-order valence-corrected chi connectivity index (χ2v) is 9.28. The van der Waals surface area contributed by atoms with Crippen molar-refractivity contribution < 1.29 is 9.47 Å². The van der Waals surface area contributed by atoms with Gasteiger partial charge in [-0.15, -0.1) is 0 Å². The summed E-state index contributed by atoms with van der Waals surface area (Å²) in [5, 5.41) is 4.61. The monoisotopic (exact) mass is 414 g/mol. The van der Waals surface area contributed by atoms with Crippen molar-refractivity contribution in [2.75, 3.05) is 37.2 Å². The maximum absolute atomic E-state index is 6.36. The second-order valence-electron chi connectivity index (χ2n) is 7.30. The summed E-state index contributed by atoms with van der Waals surface area (Å²) in [6.07, 6.45) is 4.23. The molecule has 4 heteroatoms. The van der Waals surface area contributed by atoms with Gasteiger partial charge in [0.15, 0.2) is 0 Å². The van der Waals surface area contributed by atoms with Gasteiger partial charge < -0.3 is 9.47 Å². The minimum absolute atomic E-state index is 0.706. The van der Waals surface area contributed by atoms with Crippen molar-refractivity contribution in [3.8, 4) is 11.5 Å². The van der Waals surface area contributed by atoms with E-state index < -0.39 is 0 Å². The van der Waals surface area contributed by atoms with Crippen molar-refractivity contribution >= 4 is 45.1 Å². The summed E-state index contributed by atoms with van der Waals surface area (Å²) in [4.78, 5) is 0. The van der Waals surface area contributed by atoms with Crippen molar-refractivity contribution in [3.05, 3.63) is 46.5 Å². The molecule has 0 aliphatic rings. The molecule has 0 fully saturated rings. The topological polar surface area (TPSA) is 18.5 Å². The fourth-order valence-corrected chi connectivity index (χ4v) is 3.94. The summed E-state index contributed by atoms with van der Waals surface area (Å²) in [7, 11) is 0. The van der Waals surface area contributed by atoms with E-state index in [2.05, 4.69) is 64.5 Å². The maximum atomic E-state index is 6.36. The number of aryl methyl sites for hydroxylation is 4. The van der Waals surface area contributed by atoms with Crippen molar-refractivity contribution in [1.82, 2.24) is 0 Å². The zero-order chi connectivity index (χ0) is 20.3. The van der Waals surface area contributed by atoms with E-state index >= 15 is 0 Å². The molecule has 0 atom stereocenters. The van der Waals surface area contributed by atoms with Crippen LogP contribution in [0.25, 0.3) is 21.5 Å².